The van der Waals surface area contributed by atoms with Crippen LogP contribution in [0.15, 0.2) is 48.5 Å². The second-order valence-corrected chi connectivity index (χ2v) is 8.03. The molecule has 5 heteroatoms. The zero-order chi connectivity index (χ0) is 20.1. The average Bonchev–Trinajstić information content (AvgIpc) is 2.97. The lowest BCUT2D eigenvalue weighted by molar-refractivity contribution is -0.120. The van der Waals surface area contributed by atoms with E-state index in [0.717, 1.165) is 51.1 Å². The maximum absolute atomic E-state index is 12.7. The van der Waals surface area contributed by atoms with E-state index in [0.29, 0.717) is 6.54 Å². The number of aryl methyl sites for hydroxylation is 1. The van der Waals surface area contributed by atoms with Crippen LogP contribution in [0.5, 0.6) is 5.75 Å². The predicted octanol–water partition coefficient (Wildman–Crippen LogP) is 3.62. The highest BCUT2D eigenvalue weighted by Gasteiger charge is 2.23. The Kier molecular flexibility index (Phi) is 6.23. The lowest BCUT2D eigenvalue weighted by Gasteiger charge is -2.34. The van der Waals surface area contributed by atoms with Gasteiger partial charge in [0.05, 0.1) is 13.7 Å². The number of anilines is 2. The van der Waals surface area contributed by atoms with Gasteiger partial charge in [0.2, 0.25) is 5.91 Å². The van der Waals surface area contributed by atoms with E-state index in [2.05, 4.69) is 51.5 Å². The van der Waals surface area contributed by atoms with E-state index in [-0.39, 0.29) is 11.9 Å². The number of fused-ring (bicyclic) bond motifs is 1. The Morgan fingerprint density at radius 1 is 1.03 bits per heavy atom. The minimum atomic E-state index is 0.143. The number of nitrogens with one attached hydrogen (secondary N) is 1. The van der Waals surface area contributed by atoms with Gasteiger partial charge in [0.25, 0.3) is 0 Å². The van der Waals surface area contributed by atoms with Crippen molar-refractivity contribution in [3.05, 3.63) is 54.1 Å². The minimum absolute atomic E-state index is 0.143. The molecule has 0 bridgehead atoms. The van der Waals surface area contributed by atoms with Gasteiger partial charge in [0, 0.05) is 37.1 Å². The fourth-order valence-corrected chi connectivity index (χ4v) is 4.46. The normalized spacial score (nSPS) is 17.4. The maximum Gasteiger partial charge on any atom is 0.239 e. The number of amides is 1. The van der Waals surface area contributed by atoms with Crippen LogP contribution in [0, 0.1) is 0 Å². The first kappa shape index (κ1) is 19.6. The minimum Gasteiger partial charge on any atom is -0.497 e. The fraction of sp³-hybridized carbons (Fsp3) is 0.458. The van der Waals surface area contributed by atoms with Gasteiger partial charge >= 0.3 is 0 Å². The van der Waals surface area contributed by atoms with Crippen molar-refractivity contribution >= 4 is 17.3 Å². The van der Waals surface area contributed by atoms with E-state index in [9.17, 15) is 4.79 Å². The van der Waals surface area contributed by atoms with Crippen molar-refractivity contribution < 1.29 is 9.53 Å². The van der Waals surface area contributed by atoms with Gasteiger partial charge in [0.1, 0.15) is 5.75 Å². The molecule has 1 N–H and O–H groups in total. The number of rotatable bonds is 5. The van der Waals surface area contributed by atoms with Gasteiger partial charge < -0.3 is 19.9 Å². The molecular formula is C24H31N3O2. The number of carbonyl (C=O) groups excluding carboxylic acids is 1. The molecular weight excluding hydrogens is 362 g/mol. The summed E-state index contributed by atoms with van der Waals surface area (Å²) in [7, 11) is 1.69. The summed E-state index contributed by atoms with van der Waals surface area (Å²) in [4.78, 5) is 17.4. The average molecular weight is 394 g/mol. The van der Waals surface area contributed by atoms with Gasteiger partial charge in [-0.3, -0.25) is 4.79 Å². The molecule has 0 unspecified atom stereocenters. The van der Waals surface area contributed by atoms with Gasteiger partial charge in [-0.1, -0.05) is 18.2 Å². The molecule has 0 aliphatic carbocycles. The van der Waals surface area contributed by atoms with E-state index in [1.807, 2.05) is 12.1 Å². The number of para-hydroxylation sites is 1. The number of benzene rings is 2. The monoisotopic (exact) mass is 393 g/mol. The summed E-state index contributed by atoms with van der Waals surface area (Å²) >= 11 is 0. The van der Waals surface area contributed by atoms with Crippen molar-refractivity contribution in [1.29, 1.82) is 0 Å². The first-order valence-corrected chi connectivity index (χ1v) is 10.7. The molecule has 29 heavy (non-hydrogen) atoms. The second-order valence-electron chi connectivity index (χ2n) is 8.03. The molecule has 1 amide bonds. The molecule has 1 fully saturated rings. The molecule has 0 atom stereocenters. The Morgan fingerprint density at radius 3 is 2.55 bits per heavy atom. The van der Waals surface area contributed by atoms with Crippen molar-refractivity contribution in [2.75, 3.05) is 43.1 Å². The summed E-state index contributed by atoms with van der Waals surface area (Å²) in [5.74, 6) is 1.02. The summed E-state index contributed by atoms with van der Waals surface area (Å²) < 4.78 is 5.24. The Labute approximate surface area is 173 Å². The van der Waals surface area contributed by atoms with Crippen LogP contribution in [-0.4, -0.2) is 45.2 Å². The van der Waals surface area contributed by atoms with E-state index in [1.165, 1.54) is 23.4 Å². The molecule has 0 radical (unpaired) electrons. The first-order chi connectivity index (χ1) is 14.2. The Bertz CT molecular complexity index is 813. The van der Waals surface area contributed by atoms with Gasteiger partial charge in [-0.05, 0) is 68.0 Å². The van der Waals surface area contributed by atoms with Crippen molar-refractivity contribution in [3.63, 3.8) is 0 Å². The maximum atomic E-state index is 12.7. The van der Waals surface area contributed by atoms with Gasteiger partial charge in [-0.25, -0.2) is 0 Å². The summed E-state index contributed by atoms with van der Waals surface area (Å²) in [6.45, 7) is 3.34. The van der Waals surface area contributed by atoms with E-state index >= 15 is 0 Å². The zero-order valence-electron chi connectivity index (χ0n) is 17.3. The highest BCUT2D eigenvalue weighted by molar-refractivity contribution is 5.82. The topological polar surface area (TPSA) is 44.8 Å². The van der Waals surface area contributed by atoms with E-state index in [1.54, 1.807) is 7.11 Å². The quantitative estimate of drug-likeness (QED) is 0.843. The lowest BCUT2D eigenvalue weighted by atomic mass is 10.0. The van der Waals surface area contributed by atoms with Gasteiger partial charge in [0.15, 0.2) is 0 Å². The number of nitrogens with zero attached hydrogens (tertiary/aromatic N) is 2. The first-order valence-electron chi connectivity index (χ1n) is 10.7. The molecule has 2 aliphatic rings. The van der Waals surface area contributed by atoms with Crippen LogP contribution in [0.4, 0.5) is 11.4 Å². The summed E-state index contributed by atoms with van der Waals surface area (Å²) in [6.07, 6.45) is 5.40. The fourth-order valence-electron chi connectivity index (χ4n) is 4.46. The molecule has 4 rings (SSSR count). The van der Waals surface area contributed by atoms with Crippen LogP contribution in [0.3, 0.4) is 0 Å². The molecule has 2 aromatic carbocycles. The van der Waals surface area contributed by atoms with Crippen molar-refractivity contribution in [1.82, 2.24) is 5.32 Å². The van der Waals surface area contributed by atoms with Crippen LogP contribution in [0.1, 0.15) is 31.2 Å². The predicted molar refractivity (Wildman–Crippen MR) is 118 cm³/mol. The largest absolute Gasteiger partial charge is 0.497 e. The highest BCUT2D eigenvalue weighted by Crippen LogP contribution is 2.26. The number of carbonyl (C=O) groups is 1. The van der Waals surface area contributed by atoms with E-state index in [4.69, 9.17) is 4.74 Å². The van der Waals surface area contributed by atoms with E-state index < -0.39 is 0 Å². The Hall–Kier alpha value is -2.69. The molecule has 0 aromatic heterocycles. The summed E-state index contributed by atoms with van der Waals surface area (Å²) in [6, 6.07) is 17.0. The third-order valence-corrected chi connectivity index (χ3v) is 6.09. The lowest BCUT2D eigenvalue weighted by Crippen LogP contribution is -2.47. The number of hydrogen-bond donors (Lipinski definition) is 1. The second kappa shape index (κ2) is 9.21. The molecule has 5 nitrogen and oxygen atoms in total. The van der Waals surface area contributed by atoms with Crippen LogP contribution < -0.4 is 19.9 Å². The summed E-state index contributed by atoms with van der Waals surface area (Å²) in [5.41, 5.74) is 3.82. The molecule has 2 aliphatic heterocycles. The van der Waals surface area contributed by atoms with Crippen molar-refractivity contribution in [2.24, 2.45) is 0 Å². The van der Waals surface area contributed by atoms with Gasteiger partial charge in [-0.15, -0.1) is 0 Å². The Balaban J connectivity index is 1.29. The molecule has 0 saturated carbocycles. The molecule has 154 valence electrons. The number of hydrogen-bond acceptors (Lipinski definition) is 4. The van der Waals surface area contributed by atoms with Gasteiger partial charge in [-0.2, -0.15) is 0 Å². The van der Waals surface area contributed by atoms with Crippen LogP contribution in [-0.2, 0) is 11.2 Å². The molecule has 2 heterocycles. The van der Waals surface area contributed by atoms with Crippen LogP contribution in [0.2, 0.25) is 0 Å². The SMILES string of the molecule is COc1ccc(N2CCC(NC(=O)CN3CCCCc4ccccc43)CC2)cc1. The van der Waals surface area contributed by atoms with Crippen LogP contribution >= 0.6 is 0 Å². The zero-order valence-corrected chi connectivity index (χ0v) is 17.3. The number of methoxy groups -OCH3 is 1. The number of ether oxygens (including phenoxy) is 1. The highest BCUT2D eigenvalue weighted by atomic mass is 16.5. The van der Waals surface area contributed by atoms with Crippen molar-refractivity contribution in [2.45, 2.75) is 38.1 Å². The number of piperidine rings is 1. The molecule has 2 aromatic rings. The third kappa shape index (κ3) is 4.84. The molecule has 0 spiro atoms. The smallest absolute Gasteiger partial charge is 0.239 e. The van der Waals surface area contributed by atoms with Crippen molar-refractivity contribution in [3.8, 4) is 5.75 Å². The van der Waals surface area contributed by atoms with Crippen LogP contribution in [0.25, 0.3) is 0 Å². The third-order valence-electron chi connectivity index (χ3n) is 6.09. The standard InChI is InChI=1S/C24H31N3O2/c1-29-22-11-9-21(10-12-22)26-16-13-20(14-17-26)25-24(28)18-27-15-5-4-7-19-6-2-3-8-23(19)27/h2-3,6,8-12,20H,4-5,7,13-18H2,1H3,(H,25,28). The molecule has 1 saturated heterocycles. The Morgan fingerprint density at radius 2 is 1.79 bits per heavy atom. The summed E-state index contributed by atoms with van der Waals surface area (Å²) in [5, 5.41) is 3.28.